The average Bonchev–Trinajstić information content (AvgIpc) is 1.49. The first-order valence-electron chi connectivity index (χ1n) is 37.7. The second-order valence-corrected chi connectivity index (χ2v) is 28.5. The van der Waals surface area contributed by atoms with Gasteiger partial charge in [-0.2, -0.15) is 0 Å². The van der Waals surface area contributed by atoms with E-state index < -0.39 is 10.8 Å². The van der Waals surface area contributed by atoms with Crippen LogP contribution in [0.25, 0.3) is 135 Å². The Labute approximate surface area is 648 Å². The Morgan fingerprint density at radius 3 is 0.911 bits per heavy atom. The lowest BCUT2D eigenvalue weighted by atomic mass is 9.66. The summed E-state index contributed by atoms with van der Waals surface area (Å²) in [6, 6.07) is 137. The zero-order chi connectivity index (χ0) is 74.1. The molecule has 524 valence electrons. The van der Waals surface area contributed by atoms with E-state index in [9.17, 15) is 0 Å². The molecule has 2 aliphatic carbocycles. The zero-order valence-corrected chi connectivity index (χ0v) is 60.5. The van der Waals surface area contributed by atoms with Crippen LogP contribution < -0.4 is 9.47 Å². The highest BCUT2D eigenvalue weighted by Gasteiger charge is 2.53. The van der Waals surface area contributed by atoms with Crippen molar-refractivity contribution in [1.82, 2.24) is 34.9 Å². The van der Waals surface area contributed by atoms with Gasteiger partial charge in [-0.15, -0.1) is 0 Å². The topological polar surface area (TPSA) is 109 Å². The predicted molar refractivity (Wildman–Crippen MR) is 447 cm³/mol. The van der Waals surface area contributed by atoms with Crippen LogP contribution in [-0.4, -0.2) is 34.9 Å². The van der Waals surface area contributed by atoms with Crippen LogP contribution in [0.2, 0.25) is 0 Å². The lowest BCUT2D eigenvalue weighted by molar-refractivity contribution is 0.436. The normalized spacial score (nSPS) is 12.9. The molecule has 15 aromatic carbocycles. The van der Waals surface area contributed by atoms with E-state index in [2.05, 4.69) is 267 Å². The largest absolute Gasteiger partial charge is 0.457 e. The van der Waals surface area contributed by atoms with Crippen LogP contribution >= 0.6 is 0 Å². The maximum atomic E-state index is 6.83. The van der Waals surface area contributed by atoms with Gasteiger partial charge < -0.3 is 9.47 Å². The molecule has 0 fully saturated rings. The first kappa shape index (κ1) is 65.4. The number of hydrogen-bond donors (Lipinski definition) is 0. The molecule has 22 rings (SSSR count). The van der Waals surface area contributed by atoms with Crippen LogP contribution in [0, 0.1) is 0 Å². The third-order valence-electron chi connectivity index (χ3n) is 22.2. The Bertz CT molecular complexity index is 6580. The van der Waals surface area contributed by atoms with E-state index >= 15 is 0 Å². The van der Waals surface area contributed by atoms with Crippen molar-refractivity contribution in [2.45, 2.75) is 10.8 Å². The van der Waals surface area contributed by atoms with E-state index in [-0.39, 0.29) is 0 Å². The van der Waals surface area contributed by atoms with Crippen LogP contribution in [0.4, 0.5) is 0 Å². The number of ether oxygens (including phenoxy) is 2. The minimum atomic E-state index is -0.502. The number of nitrogens with zero attached hydrogens (tertiary/aromatic N) is 7. The van der Waals surface area contributed by atoms with Gasteiger partial charge in [0, 0.05) is 55.6 Å². The smallest absolute Gasteiger partial charge is 0.182 e. The molecular formula is C103H65N7O2. The van der Waals surface area contributed by atoms with Gasteiger partial charge in [0.25, 0.3) is 0 Å². The van der Waals surface area contributed by atoms with Crippen molar-refractivity contribution in [3.05, 3.63) is 439 Å². The van der Waals surface area contributed by atoms with Gasteiger partial charge in [0.15, 0.2) is 34.9 Å². The summed E-state index contributed by atoms with van der Waals surface area (Å²) in [5, 5.41) is 0. The molecule has 2 aliphatic heterocycles. The maximum Gasteiger partial charge on any atom is 0.182 e. The number of pyridine rings is 1. The molecule has 4 aliphatic rings. The Morgan fingerprint density at radius 1 is 0.152 bits per heavy atom. The molecule has 0 bridgehead atoms. The minimum absolute atomic E-state index is 0.489. The van der Waals surface area contributed by atoms with Crippen molar-refractivity contribution >= 4 is 0 Å². The third-order valence-corrected chi connectivity index (χ3v) is 22.2. The number of rotatable bonds is 10. The molecule has 112 heavy (non-hydrogen) atoms. The molecule has 0 atom stereocenters. The van der Waals surface area contributed by atoms with Crippen LogP contribution in [0.3, 0.4) is 0 Å². The molecule has 18 aromatic rings. The fourth-order valence-electron chi connectivity index (χ4n) is 17.3. The van der Waals surface area contributed by atoms with Crippen molar-refractivity contribution in [2.24, 2.45) is 0 Å². The monoisotopic (exact) mass is 1430 g/mol. The lowest BCUT2D eigenvalue weighted by Gasteiger charge is -2.39. The molecular weight excluding hydrogens is 1370 g/mol. The predicted octanol–water partition coefficient (Wildman–Crippen LogP) is 24.7. The van der Waals surface area contributed by atoms with E-state index in [4.69, 9.17) is 44.4 Å². The van der Waals surface area contributed by atoms with Crippen molar-refractivity contribution in [3.8, 4) is 158 Å². The minimum Gasteiger partial charge on any atom is -0.457 e. The second-order valence-electron chi connectivity index (χ2n) is 28.5. The fraction of sp³-hybridized carbons (Fsp3) is 0.0194. The highest BCUT2D eigenvalue weighted by molar-refractivity contribution is 5.92. The van der Waals surface area contributed by atoms with E-state index in [1.165, 1.54) is 50.1 Å². The average molecular weight is 1430 g/mol. The molecule has 0 amide bonds. The first-order chi connectivity index (χ1) is 55.5. The summed E-state index contributed by atoms with van der Waals surface area (Å²) in [5.74, 6) is 7.02. The van der Waals surface area contributed by atoms with E-state index in [1.54, 1.807) is 0 Å². The van der Waals surface area contributed by atoms with Crippen molar-refractivity contribution in [1.29, 1.82) is 0 Å². The maximum absolute atomic E-state index is 6.83. The molecule has 0 N–H and O–H groups in total. The van der Waals surface area contributed by atoms with Crippen LogP contribution in [0.15, 0.2) is 394 Å². The summed E-state index contributed by atoms with van der Waals surface area (Å²) in [4.78, 5) is 35.1. The van der Waals surface area contributed by atoms with Crippen molar-refractivity contribution < 1.29 is 9.47 Å². The van der Waals surface area contributed by atoms with Crippen molar-refractivity contribution in [2.75, 3.05) is 0 Å². The molecule has 9 heteroatoms. The van der Waals surface area contributed by atoms with E-state index in [0.717, 1.165) is 112 Å². The number of hydrogen-bond acceptors (Lipinski definition) is 9. The Kier molecular flexibility index (Phi) is 15.8. The second kappa shape index (κ2) is 27.1. The fourth-order valence-corrected chi connectivity index (χ4v) is 17.3. The first-order valence-corrected chi connectivity index (χ1v) is 37.7. The molecule has 0 unspecified atom stereocenters. The van der Waals surface area contributed by atoms with Gasteiger partial charge in [-0.1, -0.05) is 346 Å². The summed E-state index contributed by atoms with van der Waals surface area (Å²) in [7, 11) is 0. The molecule has 2 spiro atoms. The summed E-state index contributed by atoms with van der Waals surface area (Å²) in [6.45, 7) is 0. The quantitative estimate of drug-likeness (QED) is 0.132. The molecule has 3 aromatic heterocycles. The molecule has 0 radical (unpaired) electrons. The summed E-state index contributed by atoms with van der Waals surface area (Å²) in [6.07, 6.45) is 0. The Morgan fingerprint density at radius 2 is 0.446 bits per heavy atom. The zero-order valence-electron chi connectivity index (χ0n) is 60.5. The number of para-hydroxylation sites is 2. The summed E-state index contributed by atoms with van der Waals surface area (Å²) in [5.41, 5.74) is 27.3. The summed E-state index contributed by atoms with van der Waals surface area (Å²) >= 11 is 0. The molecule has 9 nitrogen and oxygen atoms in total. The summed E-state index contributed by atoms with van der Waals surface area (Å²) < 4.78 is 13.6. The van der Waals surface area contributed by atoms with Gasteiger partial charge in [0.1, 0.15) is 28.7 Å². The van der Waals surface area contributed by atoms with Crippen LogP contribution in [0.1, 0.15) is 44.5 Å². The number of aromatic nitrogens is 7. The van der Waals surface area contributed by atoms with Gasteiger partial charge in [-0.3, -0.25) is 0 Å². The van der Waals surface area contributed by atoms with Gasteiger partial charge >= 0.3 is 0 Å². The van der Waals surface area contributed by atoms with E-state index in [1.807, 2.05) is 127 Å². The van der Waals surface area contributed by atoms with Gasteiger partial charge in [-0.25, -0.2) is 34.9 Å². The lowest BCUT2D eigenvalue weighted by Crippen LogP contribution is -2.32. The standard InChI is InChI=1S/C58H37N3O.C45H28N4O/c1-3-17-38(18-4-1)45-25-7-8-28-48(45)57-60-55(39-19-5-2-6-20-39)59-56(61-57)44-24-16-23-42(36-44)40-21-15-22-41(35-40)43-33-34-52-54(37-43)62-53-32-14-13-31-51(53)58(52)49-29-11-9-26-46(49)47-27-10-12-30-50(47)58;1-3-14-29(15-4-1)42-47-43(30-16-5-2-6-17-30)49-44(48-42)39-24-13-23-38(46-39)31-26-27-37-41(28-31)50-40-25-12-11-22-36(40)45(37)34-20-9-7-18-32(34)33-19-8-10-21-35(33)45/h1-37H;1-28H. The Hall–Kier alpha value is -14.9. The van der Waals surface area contributed by atoms with Crippen LogP contribution in [-0.2, 0) is 10.8 Å². The van der Waals surface area contributed by atoms with E-state index in [0.29, 0.717) is 40.6 Å². The van der Waals surface area contributed by atoms with Crippen molar-refractivity contribution in [3.63, 3.8) is 0 Å². The highest BCUT2D eigenvalue weighted by Crippen LogP contribution is 2.64. The molecule has 0 saturated heterocycles. The number of benzene rings is 15. The Balaban J connectivity index is 0.000000145. The van der Waals surface area contributed by atoms with Gasteiger partial charge in [0.05, 0.1) is 16.5 Å². The number of fused-ring (bicyclic) bond motifs is 18. The molecule has 5 heterocycles. The highest BCUT2D eigenvalue weighted by atomic mass is 16.5. The van der Waals surface area contributed by atoms with Gasteiger partial charge in [0.2, 0.25) is 0 Å². The SMILES string of the molecule is c1ccc(-c2nc(-c3cccc(-c4cccc(-c5ccc6c(c5)Oc5ccccc5C65c6ccccc6-c6ccccc65)c4)c3)nc(-c3ccccc3-c3ccccc3)n2)cc1.c1ccc(-c2nc(-c3ccccc3)nc(-c3cccc(-c4ccc5c(c4)Oc4ccccc4C54c5ccccc5-c5ccccc54)n3)n2)cc1. The van der Waals surface area contributed by atoms with Crippen LogP contribution in [0.5, 0.6) is 23.0 Å². The van der Waals surface area contributed by atoms with Gasteiger partial charge in [-0.05, 0) is 126 Å². The third kappa shape index (κ3) is 10.9. The molecule has 0 saturated carbocycles.